The lowest BCUT2D eigenvalue weighted by Gasteiger charge is -2.34. The molecule has 6 heteroatoms. The summed E-state index contributed by atoms with van der Waals surface area (Å²) < 4.78 is 13.2. The van der Waals surface area contributed by atoms with Crippen molar-refractivity contribution in [2.24, 2.45) is 5.92 Å². The molecule has 1 saturated heterocycles. The Kier molecular flexibility index (Phi) is 5.11. The third-order valence-electron chi connectivity index (χ3n) is 5.88. The van der Waals surface area contributed by atoms with Gasteiger partial charge >= 0.3 is 0 Å². The second kappa shape index (κ2) is 7.70. The molecule has 0 unspecified atom stereocenters. The lowest BCUT2D eigenvalue weighted by molar-refractivity contribution is -0.137. The third-order valence-corrected chi connectivity index (χ3v) is 5.88. The van der Waals surface area contributed by atoms with Crippen molar-refractivity contribution in [3.63, 3.8) is 0 Å². The van der Waals surface area contributed by atoms with E-state index >= 15 is 0 Å². The van der Waals surface area contributed by atoms with Gasteiger partial charge in [0.25, 0.3) is 0 Å². The summed E-state index contributed by atoms with van der Waals surface area (Å²) in [5, 5.41) is 2.95. The maximum Gasteiger partial charge on any atom is 0.233 e. The van der Waals surface area contributed by atoms with Crippen molar-refractivity contribution in [2.45, 2.75) is 37.6 Å². The number of pyridine rings is 1. The van der Waals surface area contributed by atoms with Crippen LogP contribution in [0.3, 0.4) is 0 Å². The highest BCUT2D eigenvalue weighted by molar-refractivity contribution is 5.91. The van der Waals surface area contributed by atoms with E-state index in [1.54, 1.807) is 18.3 Å². The van der Waals surface area contributed by atoms with Crippen LogP contribution < -0.4 is 5.32 Å². The summed E-state index contributed by atoms with van der Waals surface area (Å²) in [5.74, 6) is -0.220. The van der Waals surface area contributed by atoms with Gasteiger partial charge in [-0.1, -0.05) is 18.2 Å². The molecule has 2 aromatic rings. The Morgan fingerprint density at radius 3 is 2.43 bits per heavy atom. The molecule has 1 saturated carbocycles. The van der Waals surface area contributed by atoms with E-state index < -0.39 is 5.41 Å². The fourth-order valence-corrected chi connectivity index (χ4v) is 3.99. The molecule has 1 aromatic heterocycles. The first-order chi connectivity index (χ1) is 13.6. The maximum atomic E-state index is 13.2. The zero-order valence-corrected chi connectivity index (χ0v) is 15.7. The molecule has 2 heterocycles. The quantitative estimate of drug-likeness (QED) is 0.866. The van der Waals surface area contributed by atoms with Crippen LogP contribution in [0.5, 0.6) is 0 Å². The molecular weight excluding hydrogens is 357 g/mol. The van der Waals surface area contributed by atoms with Crippen LogP contribution in [0.25, 0.3) is 0 Å². The number of aromatic nitrogens is 1. The second-order valence-electron chi connectivity index (χ2n) is 7.69. The van der Waals surface area contributed by atoms with Gasteiger partial charge in [-0.25, -0.2) is 4.39 Å². The smallest absolute Gasteiger partial charge is 0.233 e. The van der Waals surface area contributed by atoms with E-state index in [0.29, 0.717) is 32.5 Å². The van der Waals surface area contributed by atoms with Crippen molar-refractivity contribution < 1.29 is 14.0 Å². The molecule has 1 N–H and O–H groups in total. The first-order valence-electron chi connectivity index (χ1n) is 9.81. The molecule has 1 aliphatic carbocycles. The molecule has 1 aromatic carbocycles. The Hall–Kier alpha value is -2.76. The maximum absolute atomic E-state index is 13.2. The molecule has 2 fully saturated rings. The Bertz CT molecular complexity index is 842. The van der Waals surface area contributed by atoms with E-state index in [1.807, 2.05) is 23.1 Å². The third kappa shape index (κ3) is 3.77. The average Bonchev–Trinajstić information content (AvgIpc) is 3.55. The van der Waals surface area contributed by atoms with Crippen molar-refractivity contribution in [3.8, 4) is 0 Å². The second-order valence-corrected chi connectivity index (χ2v) is 7.69. The number of nitrogens with one attached hydrogen (secondary N) is 1. The molecule has 0 spiro atoms. The zero-order valence-electron chi connectivity index (χ0n) is 15.7. The lowest BCUT2D eigenvalue weighted by Crippen LogP contribution is -2.46. The van der Waals surface area contributed by atoms with E-state index in [9.17, 15) is 14.0 Å². The number of hydrogen-bond donors (Lipinski definition) is 1. The first kappa shape index (κ1) is 18.6. The SMILES string of the molecule is O=C(NCc1ccccn1)C1CCN(C(=O)C2(c3ccc(F)cc3)CC2)CC1. The Labute approximate surface area is 164 Å². The largest absolute Gasteiger partial charge is 0.350 e. The number of carbonyl (C=O) groups is 2. The van der Waals surface area contributed by atoms with Crippen LogP contribution in [0.1, 0.15) is 36.9 Å². The molecule has 5 nitrogen and oxygen atoms in total. The standard InChI is InChI=1S/C22H24FN3O2/c23-18-6-4-17(5-7-18)22(10-11-22)21(28)26-13-8-16(9-14-26)20(27)25-15-19-3-1-2-12-24-19/h1-7,12,16H,8-11,13-15H2,(H,25,27). The minimum absolute atomic E-state index is 0.0254. The van der Waals surface area contributed by atoms with Crippen LogP contribution in [0, 0.1) is 11.7 Å². The van der Waals surface area contributed by atoms with Gasteiger partial charge in [-0.05, 0) is 55.5 Å². The molecule has 2 amide bonds. The predicted octanol–water partition coefficient (Wildman–Crippen LogP) is 2.81. The Morgan fingerprint density at radius 1 is 1.11 bits per heavy atom. The summed E-state index contributed by atoms with van der Waals surface area (Å²) in [6.45, 7) is 1.60. The number of nitrogens with zero attached hydrogens (tertiary/aromatic N) is 2. The minimum Gasteiger partial charge on any atom is -0.350 e. The van der Waals surface area contributed by atoms with Crippen molar-refractivity contribution >= 4 is 11.8 Å². The molecule has 0 radical (unpaired) electrons. The number of amides is 2. The topological polar surface area (TPSA) is 62.3 Å². The van der Waals surface area contributed by atoms with Crippen LogP contribution in [0.4, 0.5) is 4.39 Å². The molecule has 146 valence electrons. The van der Waals surface area contributed by atoms with Gasteiger partial charge in [0.1, 0.15) is 5.82 Å². The van der Waals surface area contributed by atoms with Crippen molar-refractivity contribution in [2.75, 3.05) is 13.1 Å². The summed E-state index contributed by atoms with van der Waals surface area (Å²) in [6, 6.07) is 11.9. The summed E-state index contributed by atoms with van der Waals surface area (Å²) >= 11 is 0. The van der Waals surface area contributed by atoms with Crippen molar-refractivity contribution in [1.82, 2.24) is 15.2 Å². The van der Waals surface area contributed by atoms with E-state index in [2.05, 4.69) is 10.3 Å². The van der Waals surface area contributed by atoms with Gasteiger partial charge in [0, 0.05) is 25.2 Å². The van der Waals surface area contributed by atoms with Crippen LogP contribution in [0.15, 0.2) is 48.7 Å². The number of carbonyl (C=O) groups excluding carboxylic acids is 2. The molecule has 0 atom stereocenters. The van der Waals surface area contributed by atoms with Crippen LogP contribution in [0.2, 0.25) is 0 Å². The number of benzene rings is 1. The highest BCUT2D eigenvalue weighted by Crippen LogP contribution is 2.50. The van der Waals surface area contributed by atoms with E-state index in [0.717, 1.165) is 24.1 Å². The highest BCUT2D eigenvalue weighted by Gasteiger charge is 2.53. The summed E-state index contributed by atoms with van der Waals surface area (Å²) in [5.41, 5.74) is 1.24. The molecular formula is C22H24FN3O2. The highest BCUT2D eigenvalue weighted by atomic mass is 19.1. The minimum atomic E-state index is -0.484. The molecule has 2 aliphatic rings. The number of likely N-dealkylation sites (tertiary alicyclic amines) is 1. The Balaban J connectivity index is 1.31. The molecule has 4 rings (SSSR count). The fraction of sp³-hybridized carbons (Fsp3) is 0.409. The number of halogens is 1. The van der Waals surface area contributed by atoms with Gasteiger partial charge in [0.2, 0.25) is 11.8 Å². The van der Waals surface area contributed by atoms with Gasteiger partial charge in [-0.15, -0.1) is 0 Å². The van der Waals surface area contributed by atoms with Crippen LogP contribution in [-0.4, -0.2) is 34.8 Å². The summed E-state index contributed by atoms with van der Waals surface area (Å²) in [6.07, 6.45) is 4.66. The predicted molar refractivity (Wildman–Crippen MR) is 103 cm³/mol. The molecule has 0 bridgehead atoms. The average molecular weight is 381 g/mol. The normalized spacial score (nSPS) is 18.5. The number of rotatable bonds is 5. The van der Waals surface area contributed by atoms with Crippen molar-refractivity contribution in [3.05, 3.63) is 65.7 Å². The van der Waals surface area contributed by atoms with Crippen molar-refractivity contribution in [1.29, 1.82) is 0 Å². The fourth-order valence-electron chi connectivity index (χ4n) is 3.99. The van der Waals surface area contributed by atoms with E-state index in [-0.39, 0.29) is 23.5 Å². The van der Waals surface area contributed by atoms with Gasteiger partial charge in [-0.2, -0.15) is 0 Å². The molecule has 1 aliphatic heterocycles. The lowest BCUT2D eigenvalue weighted by atomic mass is 9.91. The summed E-state index contributed by atoms with van der Waals surface area (Å²) in [4.78, 5) is 31.6. The van der Waals surface area contributed by atoms with Gasteiger partial charge in [-0.3, -0.25) is 14.6 Å². The van der Waals surface area contributed by atoms with Gasteiger partial charge < -0.3 is 10.2 Å². The summed E-state index contributed by atoms with van der Waals surface area (Å²) in [7, 11) is 0. The number of piperidine rings is 1. The molecule has 28 heavy (non-hydrogen) atoms. The Morgan fingerprint density at radius 2 is 1.82 bits per heavy atom. The van der Waals surface area contributed by atoms with Crippen LogP contribution >= 0.6 is 0 Å². The van der Waals surface area contributed by atoms with E-state index in [4.69, 9.17) is 0 Å². The van der Waals surface area contributed by atoms with Gasteiger partial charge in [0.15, 0.2) is 0 Å². The number of hydrogen-bond acceptors (Lipinski definition) is 3. The first-order valence-corrected chi connectivity index (χ1v) is 9.81. The zero-order chi connectivity index (χ0) is 19.6. The van der Waals surface area contributed by atoms with E-state index in [1.165, 1.54) is 12.1 Å². The van der Waals surface area contributed by atoms with Crippen LogP contribution in [-0.2, 0) is 21.5 Å². The van der Waals surface area contributed by atoms with Gasteiger partial charge in [0.05, 0.1) is 17.7 Å². The monoisotopic (exact) mass is 381 g/mol.